The lowest BCUT2D eigenvalue weighted by Gasteiger charge is -2.31. The molecule has 0 radical (unpaired) electrons. The van der Waals surface area contributed by atoms with Gasteiger partial charge in [0.1, 0.15) is 0 Å². The largest absolute Gasteiger partial charge is 0.392 e. The van der Waals surface area contributed by atoms with Gasteiger partial charge in [-0.15, -0.1) is 0 Å². The third-order valence-corrected chi connectivity index (χ3v) is 5.93. The van der Waals surface area contributed by atoms with Crippen molar-refractivity contribution in [1.29, 1.82) is 0 Å². The molecule has 2 rings (SSSR count). The van der Waals surface area contributed by atoms with Crippen molar-refractivity contribution in [3.63, 3.8) is 0 Å². The Morgan fingerprint density at radius 2 is 1.80 bits per heavy atom. The van der Waals surface area contributed by atoms with E-state index in [0.29, 0.717) is 23.9 Å². The van der Waals surface area contributed by atoms with Gasteiger partial charge in [-0.2, -0.15) is 4.31 Å². The second kappa shape index (κ2) is 6.70. The molecule has 0 aliphatic carbocycles. The average Bonchev–Trinajstić information content (AvgIpc) is 2.48. The molecular formula is C15H23NO3S. The Morgan fingerprint density at radius 1 is 1.20 bits per heavy atom. The van der Waals surface area contributed by atoms with E-state index in [1.807, 2.05) is 0 Å². The van der Waals surface area contributed by atoms with Crippen molar-refractivity contribution in [3.8, 4) is 0 Å². The summed E-state index contributed by atoms with van der Waals surface area (Å²) >= 11 is 0. The average molecular weight is 297 g/mol. The van der Waals surface area contributed by atoms with Crippen molar-refractivity contribution in [2.75, 3.05) is 13.1 Å². The van der Waals surface area contributed by atoms with Crippen LogP contribution in [0.1, 0.15) is 38.2 Å². The molecule has 0 amide bonds. The summed E-state index contributed by atoms with van der Waals surface area (Å²) in [6.45, 7) is 3.35. The Balaban J connectivity index is 2.07. The van der Waals surface area contributed by atoms with E-state index in [4.69, 9.17) is 5.11 Å². The summed E-state index contributed by atoms with van der Waals surface area (Å²) in [6, 6.07) is 6.49. The molecule has 0 aromatic heterocycles. The highest BCUT2D eigenvalue weighted by Gasteiger charge is 2.28. The van der Waals surface area contributed by atoms with Crippen LogP contribution in [0.2, 0.25) is 0 Å². The molecule has 1 heterocycles. The molecule has 0 unspecified atom stereocenters. The van der Waals surface area contributed by atoms with Gasteiger partial charge in [-0.3, -0.25) is 0 Å². The van der Waals surface area contributed by atoms with Gasteiger partial charge < -0.3 is 5.11 Å². The molecule has 20 heavy (non-hydrogen) atoms. The highest BCUT2D eigenvalue weighted by Crippen LogP contribution is 2.26. The summed E-state index contributed by atoms with van der Waals surface area (Å²) in [4.78, 5) is 0.323. The molecule has 112 valence electrons. The number of benzene rings is 1. The van der Waals surface area contributed by atoms with Gasteiger partial charge in [0.2, 0.25) is 10.0 Å². The van der Waals surface area contributed by atoms with Crippen LogP contribution in [0.15, 0.2) is 29.2 Å². The molecule has 5 heteroatoms. The van der Waals surface area contributed by atoms with Crippen molar-refractivity contribution in [2.45, 2.75) is 44.1 Å². The van der Waals surface area contributed by atoms with Crippen molar-refractivity contribution in [2.24, 2.45) is 5.92 Å². The van der Waals surface area contributed by atoms with Gasteiger partial charge in [0, 0.05) is 13.1 Å². The summed E-state index contributed by atoms with van der Waals surface area (Å²) in [6.07, 6.45) is 4.28. The van der Waals surface area contributed by atoms with E-state index in [1.54, 1.807) is 28.6 Å². The predicted octanol–water partition coefficient (Wildman–Crippen LogP) is 2.38. The molecule has 1 aliphatic rings. The molecule has 1 aliphatic heterocycles. The standard InChI is InChI=1S/C15H23NO3S/c1-2-3-13-8-10-16(11-9-13)20(18,19)15-6-4-14(12-17)5-7-15/h4-7,13,17H,2-3,8-12H2,1H3. The van der Waals surface area contributed by atoms with Crippen LogP contribution in [0.5, 0.6) is 0 Å². The Bertz CT molecular complexity index is 517. The van der Waals surface area contributed by atoms with E-state index in [9.17, 15) is 8.42 Å². The zero-order valence-corrected chi connectivity index (χ0v) is 12.8. The second-order valence-electron chi connectivity index (χ2n) is 5.44. The molecule has 1 aromatic rings. The lowest BCUT2D eigenvalue weighted by molar-refractivity contribution is 0.262. The number of nitrogens with zero attached hydrogens (tertiary/aromatic N) is 1. The van der Waals surface area contributed by atoms with E-state index in [0.717, 1.165) is 18.4 Å². The van der Waals surface area contributed by atoms with Crippen LogP contribution < -0.4 is 0 Å². The fraction of sp³-hybridized carbons (Fsp3) is 0.600. The van der Waals surface area contributed by atoms with Crippen molar-refractivity contribution in [3.05, 3.63) is 29.8 Å². The van der Waals surface area contributed by atoms with E-state index in [1.165, 1.54) is 12.8 Å². The molecule has 0 atom stereocenters. The van der Waals surface area contributed by atoms with Gasteiger partial charge in [-0.1, -0.05) is 31.9 Å². The molecule has 0 spiro atoms. The van der Waals surface area contributed by atoms with Crippen LogP contribution >= 0.6 is 0 Å². The van der Waals surface area contributed by atoms with E-state index >= 15 is 0 Å². The number of rotatable bonds is 5. The number of aliphatic hydroxyl groups excluding tert-OH is 1. The zero-order valence-electron chi connectivity index (χ0n) is 12.0. The van der Waals surface area contributed by atoms with Gasteiger partial charge >= 0.3 is 0 Å². The van der Waals surface area contributed by atoms with Crippen LogP contribution in [-0.4, -0.2) is 30.9 Å². The van der Waals surface area contributed by atoms with E-state index in [-0.39, 0.29) is 6.61 Å². The molecule has 0 saturated carbocycles. The zero-order chi connectivity index (χ0) is 14.6. The predicted molar refractivity (Wildman–Crippen MR) is 78.8 cm³/mol. The minimum absolute atomic E-state index is 0.0667. The van der Waals surface area contributed by atoms with Gasteiger partial charge in [0.25, 0.3) is 0 Å². The maximum atomic E-state index is 12.5. The molecule has 1 saturated heterocycles. The first-order valence-electron chi connectivity index (χ1n) is 7.28. The van der Waals surface area contributed by atoms with Crippen LogP contribution in [0.4, 0.5) is 0 Å². The van der Waals surface area contributed by atoms with Gasteiger partial charge in [-0.25, -0.2) is 8.42 Å². The number of piperidine rings is 1. The number of aliphatic hydroxyl groups is 1. The number of hydrogen-bond donors (Lipinski definition) is 1. The lowest BCUT2D eigenvalue weighted by atomic mass is 9.94. The third kappa shape index (κ3) is 3.40. The Kier molecular flexibility index (Phi) is 5.18. The topological polar surface area (TPSA) is 57.6 Å². The highest BCUT2D eigenvalue weighted by molar-refractivity contribution is 7.89. The summed E-state index contributed by atoms with van der Waals surface area (Å²) in [5.41, 5.74) is 0.727. The minimum Gasteiger partial charge on any atom is -0.392 e. The third-order valence-electron chi connectivity index (χ3n) is 4.01. The highest BCUT2D eigenvalue weighted by atomic mass is 32.2. The summed E-state index contributed by atoms with van der Waals surface area (Å²) in [5, 5.41) is 9.00. The van der Waals surface area contributed by atoms with E-state index < -0.39 is 10.0 Å². The van der Waals surface area contributed by atoms with Gasteiger partial charge in [0.15, 0.2) is 0 Å². The first-order chi connectivity index (χ1) is 9.57. The normalized spacial score (nSPS) is 18.3. The summed E-state index contributed by atoms with van der Waals surface area (Å²) in [5.74, 6) is 0.670. The maximum Gasteiger partial charge on any atom is 0.243 e. The van der Waals surface area contributed by atoms with Gasteiger partial charge in [-0.05, 0) is 36.5 Å². The van der Waals surface area contributed by atoms with E-state index in [2.05, 4.69) is 6.92 Å². The van der Waals surface area contributed by atoms with Crippen LogP contribution in [0.3, 0.4) is 0 Å². The molecule has 4 nitrogen and oxygen atoms in total. The quantitative estimate of drug-likeness (QED) is 0.908. The van der Waals surface area contributed by atoms with Crippen LogP contribution in [0.25, 0.3) is 0 Å². The molecule has 0 bridgehead atoms. The smallest absolute Gasteiger partial charge is 0.243 e. The maximum absolute atomic E-state index is 12.5. The fourth-order valence-corrected chi connectivity index (χ4v) is 4.23. The SMILES string of the molecule is CCCC1CCN(S(=O)(=O)c2ccc(CO)cc2)CC1. The molecule has 1 fully saturated rings. The lowest BCUT2D eigenvalue weighted by Crippen LogP contribution is -2.38. The fourth-order valence-electron chi connectivity index (χ4n) is 2.76. The second-order valence-corrected chi connectivity index (χ2v) is 7.38. The van der Waals surface area contributed by atoms with Gasteiger partial charge in [0.05, 0.1) is 11.5 Å². The number of sulfonamides is 1. The van der Waals surface area contributed by atoms with Crippen molar-refractivity contribution < 1.29 is 13.5 Å². The van der Waals surface area contributed by atoms with Crippen molar-refractivity contribution in [1.82, 2.24) is 4.31 Å². The summed E-state index contributed by atoms with van der Waals surface area (Å²) in [7, 11) is -3.37. The Labute approximate surface area is 121 Å². The molecule has 1 aromatic carbocycles. The molecular weight excluding hydrogens is 274 g/mol. The van der Waals surface area contributed by atoms with Crippen LogP contribution in [0, 0.1) is 5.92 Å². The Hall–Kier alpha value is -0.910. The first-order valence-corrected chi connectivity index (χ1v) is 8.72. The first kappa shape index (κ1) is 15.5. The van der Waals surface area contributed by atoms with Crippen LogP contribution in [-0.2, 0) is 16.6 Å². The Morgan fingerprint density at radius 3 is 2.30 bits per heavy atom. The monoisotopic (exact) mass is 297 g/mol. The minimum atomic E-state index is -3.37. The summed E-state index contributed by atoms with van der Waals surface area (Å²) < 4.78 is 26.6. The molecule has 1 N–H and O–H groups in total. The number of hydrogen-bond acceptors (Lipinski definition) is 3. The van der Waals surface area contributed by atoms with Crippen molar-refractivity contribution >= 4 is 10.0 Å².